The molecule has 1 aliphatic rings. The highest BCUT2D eigenvalue weighted by atomic mass is 79.9. The van der Waals surface area contributed by atoms with E-state index in [9.17, 15) is 9.50 Å². The molecule has 2 rings (SSSR count). The van der Waals surface area contributed by atoms with Gasteiger partial charge in [0.05, 0.1) is 15.0 Å². The van der Waals surface area contributed by atoms with Gasteiger partial charge in [0.1, 0.15) is 12.4 Å². The topological polar surface area (TPSA) is 35.5 Å². The first-order valence-corrected chi connectivity index (χ1v) is 7.40. The number of aromatic hydroxyl groups is 1. The zero-order chi connectivity index (χ0) is 13.1. The smallest absolute Gasteiger partial charge is 0.143 e. The summed E-state index contributed by atoms with van der Waals surface area (Å²) in [5.74, 6) is 0.150. The van der Waals surface area contributed by atoms with E-state index in [-0.39, 0.29) is 11.8 Å². The van der Waals surface area contributed by atoms with Gasteiger partial charge in [0.25, 0.3) is 0 Å². The van der Waals surface area contributed by atoms with Crippen molar-refractivity contribution in [3.63, 3.8) is 0 Å². The van der Waals surface area contributed by atoms with Gasteiger partial charge in [0.2, 0.25) is 0 Å². The van der Waals surface area contributed by atoms with Gasteiger partial charge in [-0.1, -0.05) is 0 Å². The maximum absolute atomic E-state index is 13.3. The molecule has 100 valence electrons. The van der Waals surface area contributed by atoms with E-state index < -0.39 is 6.67 Å². The van der Waals surface area contributed by atoms with Crippen LogP contribution in [0.3, 0.4) is 0 Å². The molecule has 1 aliphatic heterocycles. The van der Waals surface area contributed by atoms with Crippen LogP contribution >= 0.6 is 31.9 Å². The molecule has 0 spiro atoms. The van der Waals surface area contributed by atoms with Crippen LogP contribution in [-0.4, -0.2) is 42.9 Å². The van der Waals surface area contributed by atoms with Crippen LogP contribution in [0.5, 0.6) is 5.75 Å². The van der Waals surface area contributed by atoms with Crippen LogP contribution in [0.15, 0.2) is 21.1 Å². The van der Waals surface area contributed by atoms with E-state index in [1.165, 1.54) is 0 Å². The summed E-state index contributed by atoms with van der Waals surface area (Å²) in [6.45, 7) is 3.02. The zero-order valence-corrected chi connectivity index (χ0v) is 13.0. The molecule has 1 aromatic carbocycles. The van der Waals surface area contributed by atoms with E-state index in [2.05, 4.69) is 42.1 Å². The Kier molecular flexibility index (Phi) is 5.00. The molecule has 0 aliphatic carbocycles. The number of piperazine rings is 1. The minimum atomic E-state index is -0.427. The summed E-state index contributed by atoms with van der Waals surface area (Å²) >= 11 is 6.57. The summed E-state index contributed by atoms with van der Waals surface area (Å²) in [6.07, 6.45) is 0. The lowest BCUT2D eigenvalue weighted by atomic mass is 10.1. The van der Waals surface area contributed by atoms with Crippen molar-refractivity contribution in [2.45, 2.75) is 6.04 Å². The zero-order valence-electron chi connectivity index (χ0n) is 9.80. The summed E-state index contributed by atoms with van der Waals surface area (Å²) in [5.41, 5.74) is 0.871. The Labute approximate surface area is 123 Å². The Hall–Kier alpha value is -0.170. The Balaban J connectivity index is 2.26. The van der Waals surface area contributed by atoms with Gasteiger partial charge in [-0.15, -0.1) is 0 Å². The van der Waals surface area contributed by atoms with Gasteiger partial charge in [-0.05, 0) is 49.6 Å². The van der Waals surface area contributed by atoms with E-state index in [1.807, 2.05) is 0 Å². The van der Waals surface area contributed by atoms with Gasteiger partial charge < -0.3 is 10.4 Å². The quantitative estimate of drug-likeness (QED) is 0.845. The summed E-state index contributed by atoms with van der Waals surface area (Å²) < 4.78 is 14.5. The van der Waals surface area contributed by atoms with E-state index in [0.29, 0.717) is 8.95 Å². The molecule has 1 heterocycles. The maximum atomic E-state index is 13.3. The van der Waals surface area contributed by atoms with Gasteiger partial charge in [-0.25, -0.2) is 4.39 Å². The molecule has 0 saturated carbocycles. The molecule has 0 amide bonds. The van der Waals surface area contributed by atoms with Crippen LogP contribution < -0.4 is 5.32 Å². The van der Waals surface area contributed by atoms with Crippen LogP contribution in [0.2, 0.25) is 0 Å². The number of halogens is 3. The van der Waals surface area contributed by atoms with Crippen molar-refractivity contribution in [2.75, 3.05) is 32.9 Å². The Bertz CT molecular complexity index is 402. The molecule has 1 saturated heterocycles. The molecule has 0 aromatic heterocycles. The maximum Gasteiger partial charge on any atom is 0.143 e. The van der Waals surface area contributed by atoms with E-state index >= 15 is 0 Å². The molecule has 3 nitrogen and oxygen atoms in total. The normalized spacial score (nSPS) is 18.8. The number of nitrogens with one attached hydrogen (secondary N) is 1. The van der Waals surface area contributed by atoms with Crippen LogP contribution in [0.1, 0.15) is 11.6 Å². The van der Waals surface area contributed by atoms with Crippen molar-refractivity contribution in [1.82, 2.24) is 10.2 Å². The average Bonchev–Trinajstić information content (AvgIpc) is 2.38. The fourth-order valence-corrected chi connectivity index (χ4v) is 3.39. The number of nitrogens with zero attached hydrogens (tertiary/aromatic N) is 1. The highest BCUT2D eigenvalue weighted by molar-refractivity contribution is 9.11. The number of hydrogen-bond acceptors (Lipinski definition) is 3. The summed E-state index contributed by atoms with van der Waals surface area (Å²) in [6, 6.07) is 3.32. The first-order valence-electron chi connectivity index (χ1n) is 5.82. The van der Waals surface area contributed by atoms with Crippen molar-refractivity contribution in [3.05, 3.63) is 26.6 Å². The predicted molar refractivity (Wildman–Crippen MR) is 76.7 cm³/mol. The van der Waals surface area contributed by atoms with Crippen molar-refractivity contribution in [3.8, 4) is 5.75 Å². The molecule has 0 bridgehead atoms. The monoisotopic (exact) mass is 380 g/mol. The SMILES string of the molecule is Oc1c(Br)cc([C@@H](CF)N2CCNCC2)cc1Br. The lowest BCUT2D eigenvalue weighted by Crippen LogP contribution is -2.45. The van der Waals surface area contributed by atoms with Gasteiger partial charge in [-0.3, -0.25) is 4.90 Å². The van der Waals surface area contributed by atoms with Crippen LogP contribution in [-0.2, 0) is 0 Å². The van der Waals surface area contributed by atoms with Gasteiger partial charge in [-0.2, -0.15) is 0 Å². The second-order valence-corrected chi connectivity index (χ2v) is 6.00. The molecule has 0 unspecified atom stereocenters. The fourth-order valence-electron chi connectivity index (χ4n) is 2.17. The third-order valence-electron chi connectivity index (χ3n) is 3.16. The minimum absolute atomic E-state index is 0.150. The number of phenolic OH excluding ortho intramolecular Hbond substituents is 1. The minimum Gasteiger partial charge on any atom is -0.506 e. The van der Waals surface area contributed by atoms with Crippen molar-refractivity contribution >= 4 is 31.9 Å². The lowest BCUT2D eigenvalue weighted by molar-refractivity contribution is 0.147. The lowest BCUT2D eigenvalue weighted by Gasteiger charge is -2.33. The standard InChI is InChI=1S/C12H15Br2FN2O/c13-9-5-8(6-10(14)12(9)18)11(7-15)17-3-1-16-2-4-17/h5-6,11,16,18H,1-4,7H2/t11-/m1/s1. The third kappa shape index (κ3) is 3.04. The molecule has 1 aromatic rings. The molecule has 18 heavy (non-hydrogen) atoms. The molecule has 6 heteroatoms. The Morgan fingerprint density at radius 3 is 2.33 bits per heavy atom. The Morgan fingerprint density at radius 2 is 1.83 bits per heavy atom. The molecular weight excluding hydrogens is 367 g/mol. The molecule has 1 atom stereocenters. The first-order chi connectivity index (χ1) is 8.63. The van der Waals surface area contributed by atoms with Gasteiger partial charge >= 0.3 is 0 Å². The highest BCUT2D eigenvalue weighted by Crippen LogP contribution is 2.36. The van der Waals surface area contributed by atoms with Crippen LogP contribution in [0, 0.1) is 0 Å². The largest absolute Gasteiger partial charge is 0.506 e. The second-order valence-electron chi connectivity index (χ2n) is 4.29. The summed E-state index contributed by atoms with van der Waals surface area (Å²) in [7, 11) is 0. The Morgan fingerprint density at radius 1 is 1.28 bits per heavy atom. The third-order valence-corrected chi connectivity index (χ3v) is 4.37. The molecule has 2 N–H and O–H groups in total. The number of rotatable bonds is 3. The number of phenols is 1. The average molecular weight is 382 g/mol. The van der Waals surface area contributed by atoms with Crippen molar-refractivity contribution in [2.24, 2.45) is 0 Å². The van der Waals surface area contributed by atoms with Crippen molar-refractivity contribution < 1.29 is 9.50 Å². The highest BCUT2D eigenvalue weighted by Gasteiger charge is 2.23. The van der Waals surface area contributed by atoms with Crippen molar-refractivity contribution in [1.29, 1.82) is 0 Å². The van der Waals surface area contributed by atoms with E-state index in [0.717, 1.165) is 31.7 Å². The fraction of sp³-hybridized carbons (Fsp3) is 0.500. The van der Waals surface area contributed by atoms with Gasteiger partial charge in [0.15, 0.2) is 0 Å². The summed E-state index contributed by atoms with van der Waals surface area (Å²) in [5, 5.41) is 12.9. The van der Waals surface area contributed by atoms with E-state index in [1.54, 1.807) is 12.1 Å². The van der Waals surface area contributed by atoms with Crippen LogP contribution in [0.4, 0.5) is 4.39 Å². The number of hydrogen-bond donors (Lipinski definition) is 2. The molecular formula is C12H15Br2FN2O. The van der Waals surface area contributed by atoms with E-state index in [4.69, 9.17) is 0 Å². The molecule has 0 radical (unpaired) electrons. The first kappa shape index (κ1) is 14.2. The second kappa shape index (κ2) is 6.32. The van der Waals surface area contributed by atoms with Gasteiger partial charge in [0, 0.05) is 26.2 Å². The predicted octanol–water partition coefficient (Wildman–Crippen LogP) is 2.83. The summed E-state index contributed by atoms with van der Waals surface area (Å²) in [4.78, 5) is 2.13. The number of alkyl halides is 1. The van der Waals surface area contributed by atoms with Crippen LogP contribution in [0.25, 0.3) is 0 Å². The number of benzene rings is 1. The molecule has 1 fully saturated rings.